The van der Waals surface area contributed by atoms with E-state index in [4.69, 9.17) is 16.7 Å². The van der Waals surface area contributed by atoms with Crippen LogP contribution in [0.5, 0.6) is 0 Å². The van der Waals surface area contributed by atoms with Crippen molar-refractivity contribution in [3.05, 3.63) is 0 Å². The van der Waals surface area contributed by atoms with Gasteiger partial charge in [0.25, 0.3) is 0 Å². The van der Waals surface area contributed by atoms with Gasteiger partial charge in [0.2, 0.25) is 5.24 Å². The van der Waals surface area contributed by atoms with Crippen LogP contribution in [0.25, 0.3) is 0 Å². The summed E-state index contributed by atoms with van der Waals surface area (Å²) in [6, 6.07) is 0. The SMILES string of the molecule is C.CCN(CC)CC.O=C(CC1CCCCC1)OCC(F)(F)S(=O)(=O)[O-].O=C(Cl)CC1CCCCC1.O=S(=O)([O-])C(F)(F)CO.[Na+].[Na+]. The van der Waals surface area contributed by atoms with Crippen LogP contribution >= 0.6 is 11.6 Å². The molecule has 0 saturated heterocycles. The maximum Gasteiger partial charge on any atom is 1.00 e. The molecule has 2 aliphatic carbocycles. The van der Waals surface area contributed by atoms with Crippen molar-refractivity contribution in [2.75, 3.05) is 32.8 Å². The Bertz CT molecular complexity index is 1030. The molecule has 0 atom stereocenters. The Morgan fingerprint density at radius 3 is 1.34 bits per heavy atom. The zero-order valence-corrected chi connectivity index (χ0v) is 33.8. The van der Waals surface area contributed by atoms with Crippen LogP contribution in [0.1, 0.15) is 105 Å². The first-order valence-electron chi connectivity index (χ1n) is 14.5. The van der Waals surface area contributed by atoms with Crippen molar-refractivity contribution >= 4 is 43.0 Å². The number of nitrogens with zero attached hydrogens (tertiary/aromatic N) is 1. The van der Waals surface area contributed by atoms with Crippen LogP contribution in [-0.2, 0) is 34.6 Å². The largest absolute Gasteiger partial charge is 1.00 e. The van der Waals surface area contributed by atoms with Gasteiger partial charge in [-0.1, -0.05) is 66.7 Å². The molecule has 1 N–H and O–H groups in total. The molecule has 2 saturated carbocycles. The first kappa shape index (κ1) is 57.2. The fourth-order valence-corrected chi connectivity index (χ4v) is 4.87. The summed E-state index contributed by atoms with van der Waals surface area (Å²) < 4.78 is 111. The molecule has 47 heavy (non-hydrogen) atoms. The van der Waals surface area contributed by atoms with Crippen LogP contribution in [-0.4, -0.2) is 90.5 Å². The first-order chi connectivity index (χ1) is 20.2. The fourth-order valence-electron chi connectivity index (χ4n) is 4.29. The van der Waals surface area contributed by atoms with E-state index in [1.54, 1.807) is 0 Å². The van der Waals surface area contributed by atoms with E-state index in [1.165, 1.54) is 51.7 Å². The smallest absolute Gasteiger partial charge is 0.743 e. The molecule has 0 aromatic heterocycles. The van der Waals surface area contributed by atoms with Crippen LogP contribution in [0, 0.1) is 11.8 Å². The van der Waals surface area contributed by atoms with E-state index in [-0.39, 0.29) is 84.1 Å². The van der Waals surface area contributed by atoms with E-state index in [2.05, 4.69) is 30.4 Å². The van der Waals surface area contributed by atoms with E-state index in [9.17, 15) is 53.1 Å². The predicted molar refractivity (Wildman–Crippen MR) is 161 cm³/mol. The summed E-state index contributed by atoms with van der Waals surface area (Å²) in [5.41, 5.74) is 0. The summed E-state index contributed by atoms with van der Waals surface area (Å²) >= 11 is 5.27. The van der Waals surface area contributed by atoms with Crippen molar-refractivity contribution in [1.29, 1.82) is 0 Å². The van der Waals surface area contributed by atoms with Crippen LogP contribution in [0.4, 0.5) is 17.6 Å². The molecule has 272 valence electrons. The van der Waals surface area contributed by atoms with Crippen LogP contribution < -0.4 is 59.1 Å². The molecule has 0 aliphatic heterocycles. The third-order valence-corrected chi connectivity index (χ3v) is 8.88. The van der Waals surface area contributed by atoms with E-state index in [1.807, 2.05) is 0 Å². The second-order valence-corrected chi connectivity index (χ2v) is 13.8. The normalized spacial score (nSPS) is 15.7. The average molecular weight is 770 g/mol. The quantitative estimate of drug-likeness (QED) is 0.0887. The molecule has 2 fully saturated rings. The van der Waals surface area contributed by atoms with Gasteiger partial charge >= 0.3 is 75.6 Å². The molecule has 0 aromatic carbocycles. The Kier molecular flexibility index (Phi) is 35.9. The monoisotopic (exact) mass is 769 g/mol. The minimum absolute atomic E-state index is 0. The third kappa shape index (κ3) is 28.2. The topological polar surface area (TPSA) is 181 Å². The molecular weight excluding hydrogens is 720 g/mol. The molecule has 0 aromatic rings. The number of hydrogen-bond donors (Lipinski definition) is 1. The molecule has 0 spiro atoms. The number of aliphatic hydroxyl groups excluding tert-OH is 1. The van der Waals surface area contributed by atoms with Gasteiger partial charge in [-0.05, 0) is 68.8 Å². The third-order valence-electron chi connectivity index (χ3n) is 7.01. The second kappa shape index (κ2) is 29.5. The molecule has 11 nitrogen and oxygen atoms in total. The molecule has 2 aliphatic rings. The Balaban J connectivity index is -0.000000175. The maximum absolute atomic E-state index is 12.7. The summed E-state index contributed by atoms with van der Waals surface area (Å²) in [4.78, 5) is 24.1. The van der Waals surface area contributed by atoms with E-state index in [0.717, 1.165) is 32.1 Å². The van der Waals surface area contributed by atoms with Gasteiger partial charge in [0.1, 0.15) is 6.61 Å². The van der Waals surface area contributed by atoms with Gasteiger partial charge in [0.05, 0.1) is 0 Å². The number of hydrogen-bond acceptors (Lipinski definition) is 11. The molecule has 2 rings (SSSR count). The summed E-state index contributed by atoms with van der Waals surface area (Å²) in [5.74, 6) is -0.187. The molecule has 0 radical (unpaired) electrons. The number of halogens is 5. The zero-order valence-electron chi connectivity index (χ0n) is 27.5. The Morgan fingerprint density at radius 1 is 0.766 bits per heavy atom. The fraction of sp³-hybridized carbons (Fsp3) is 0.926. The number of carbonyl (C=O) groups is 2. The number of ether oxygens (including phenoxy) is 1. The summed E-state index contributed by atoms with van der Waals surface area (Å²) in [5, 5.41) is -1.67. The molecule has 0 amide bonds. The van der Waals surface area contributed by atoms with Gasteiger partial charge in [-0.3, -0.25) is 9.59 Å². The van der Waals surface area contributed by atoms with E-state index < -0.39 is 49.9 Å². The Labute approximate surface area is 327 Å². The van der Waals surface area contributed by atoms with Gasteiger partial charge in [0, 0.05) is 12.8 Å². The van der Waals surface area contributed by atoms with Crippen LogP contribution in [0.15, 0.2) is 0 Å². The number of carbonyl (C=O) groups excluding carboxylic acids is 2. The summed E-state index contributed by atoms with van der Waals surface area (Å²) in [7, 11) is -11.5. The first-order valence-corrected chi connectivity index (χ1v) is 17.7. The molecule has 0 heterocycles. The van der Waals surface area contributed by atoms with E-state index >= 15 is 0 Å². The van der Waals surface area contributed by atoms with Crippen LogP contribution in [0.3, 0.4) is 0 Å². The van der Waals surface area contributed by atoms with Gasteiger partial charge in [-0.2, -0.15) is 17.6 Å². The minimum atomic E-state index is -5.79. The van der Waals surface area contributed by atoms with Crippen molar-refractivity contribution in [2.45, 2.75) is 116 Å². The number of esters is 1. The second-order valence-electron chi connectivity index (χ2n) is 10.4. The maximum atomic E-state index is 12.7. The standard InChI is InChI=1S/C10H16F2O5S.C8H13ClO.C6H15N.C2H4F2O4S.CH4.2Na/c11-10(12,18(14,15)16)7-17-9(13)6-8-4-2-1-3-5-8;9-8(10)6-7-4-2-1-3-5-7;1-4-7(5-2)6-3;3-2(4,1-5)9(6,7)8;;;/h8H,1-7H2,(H,14,15,16);7H,1-6H2;4-6H2,1-3H3;5H,1H2,(H,6,7,8);1H4;;/q;;;;;2*+1/p-2. The number of rotatable bonds is 12. The molecule has 0 bridgehead atoms. The van der Waals surface area contributed by atoms with Crippen molar-refractivity contribution in [1.82, 2.24) is 4.90 Å². The van der Waals surface area contributed by atoms with Gasteiger partial charge in [0.15, 0.2) is 26.8 Å². The van der Waals surface area contributed by atoms with E-state index in [0.29, 0.717) is 12.3 Å². The van der Waals surface area contributed by atoms with Crippen molar-refractivity contribution in [3.63, 3.8) is 0 Å². The average Bonchev–Trinajstić information content (AvgIpc) is 2.93. The predicted octanol–water partition coefficient (Wildman–Crippen LogP) is -0.531. The summed E-state index contributed by atoms with van der Waals surface area (Å²) in [6.45, 7) is 6.45. The van der Waals surface area contributed by atoms with Crippen molar-refractivity contribution in [2.24, 2.45) is 11.8 Å². The van der Waals surface area contributed by atoms with Crippen molar-refractivity contribution in [3.8, 4) is 0 Å². The number of aliphatic hydroxyl groups is 1. The minimum Gasteiger partial charge on any atom is -0.743 e. The van der Waals surface area contributed by atoms with Crippen molar-refractivity contribution < 1.29 is 122 Å². The zero-order chi connectivity index (χ0) is 34.6. The van der Waals surface area contributed by atoms with Gasteiger partial charge in [-0.25, -0.2) is 16.8 Å². The Hall–Kier alpha value is 0.890. The molecular formula is C27H50ClF4NNa2O10S2. The Morgan fingerprint density at radius 2 is 1.11 bits per heavy atom. The van der Waals surface area contributed by atoms with Gasteiger partial charge < -0.3 is 23.8 Å². The molecule has 20 heteroatoms. The van der Waals surface area contributed by atoms with Crippen LogP contribution in [0.2, 0.25) is 0 Å². The summed E-state index contributed by atoms with van der Waals surface area (Å²) in [6.07, 6.45) is 11.7. The number of alkyl halides is 4. The molecule has 0 unspecified atom stereocenters. The van der Waals surface area contributed by atoms with Gasteiger partial charge in [-0.15, -0.1) is 0 Å².